The fourth-order valence-electron chi connectivity index (χ4n) is 2.81. The van der Waals surface area contributed by atoms with Crippen molar-refractivity contribution in [3.8, 4) is 5.75 Å². The molecule has 0 saturated carbocycles. The minimum Gasteiger partial charge on any atom is -0.496 e. The number of hydrogen-bond donors (Lipinski definition) is 2. The Hall–Kier alpha value is -2.76. The van der Waals surface area contributed by atoms with Crippen LogP contribution in [0, 0.1) is 0 Å². The zero-order valence-corrected chi connectivity index (χ0v) is 16.8. The van der Waals surface area contributed by atoms with Crippen LogP contribution in [0.15, 0.2) is 41.7 Å². The maximum absolute atomic E-state index is 12.9. The quantitative estimate of drug-likeness (QED) is 0.586. The largest absolute Gasteiger partial charge is 0.496 e. The van der Waals surface area contributed by atoms with E-state index in [0.717, 1.165) is 0 Å². The molecule has 0 atom stereocenters. The van der Waals surface area contributed by atoms with Crippen molar-refractivity contribution in [2.45, 2.75) is 4.90 Å². The molecular formula is C18H23N5O5S. The van der Waals surface area contributed by atoms with Gasteiger partial charge in [-0.1, -0.05) is 0 Å². The van der Waals surface area contributed by atoms with Gasteiger partial charge in [0.25, 0.3) is 5.91 Å². The van der Waals surface area contributed by atoms with E-state index >= 15 is 0 Å². The third kappa shape index (κ3) is 5.19. The Morgan fingerprint density at radius 2 is 2.03 bits per heavy atom. The summed E-state index contributed by atoms with van der Waals surface area (Å²) in [5.74, 6) is 0.463. The Labute approximate surface area is 169 Å². The van der Waals surface area contributed by atoms with E-state index in [1.807, 2.05) is 0 Å². The number of aromatic nitrogens is 2. The predicted molar refractivity (Wildman–Crippen MR) is 105 cm³/mol. The van der Waals surface area contributed by atoms with E-state index in [0.29, 0.717) is 37.9 Å². The minimum atomic E-state index is -3.71. The molecule has 0 aliphatic carbocycles. The van der Waals surface area contributed by atoms with Gasteiger partial charge in [0.1, 0.15) is 11.6 Å². The number of rotatable bonds is 8. The number of carbonyl (C=O) groups is 1. The smallest absolute Gasteiger partial charge is 0.255 e. The molecule has 1 aromatic carbocycles. The van der Waals surface area contributed by atoms with E-state index in [4.69, 9.17) is 9.47 Å². The first-order chi connectivity index (χ1) is 14.0. The lowest BCUT2D eigenvalue weighted by atomic mass is 10.2. The average Bonchev–Trinajstić information content (AvgIpc) is 2.77. The number of nitrogens with zero attached hydrogens (tertiary/aromatic N) is 3. The third-order valence-corrected chi connectivity index (χ3v) is 6.20. The first kappa shape index (κ1) is 21.0. The van der Waals surface area contributed by atoms with Crippen molar-refractivity contribution in [2.75, 3.05) is 51.8 Å². The number of anilines is 1. The van der Waals surface area contributed by atoms with Gasteiger partial charge in [0, 0.05) is 38.6 Å². The molecule has 29 heavy (non-hydrogen) atoms. The van der Waals surface area contributed by atoms with Crippen molar-refractivity contribution in [2.24, 2.45) is 0 Å². The molecule has 10 nitrogen and oxygen atoms in total. The maximum Gasteiger partial charge on any atom is 0.255 e. The molecule has 0 spiro atoms. The molecule has 2 N–H and O–H groups in total. The number of carbonyl (C=O) groups excluding carboxylic acids is 1. The summed E-state index contributed by atoms with van der Waals surface area (Å²) >= 11 is 0. The van der Waals surface area contributed by atoms with Gasteiger partial charge in [-0.2, -0.15) is 4.31 Å². The number of amides is 1. The summed E-state index contributed by atoms with van der Waals surface area (Å²) in [6, 6.07) is 4.27. The molecule has 0 radical (unpaired) electrons. The Morgan fingerprint density at radius 1 is 1.24 bits per heavy atom. The van der Waals surface area contributed by atoms with Crippen molar-refractivity contribution < 1.29 is 22.7 Å². The molecule has 0 bridgehead atoms. The number of sulfonamides is 1. The summed E-state index contributed by atoms with van der Waals surface area (Å²) in [6.07, 6.45) is 4.70. The Morgan fingerprint density at radius 3 is 2.72 bits per heavy atom. The summed E-state index contributed by atoms with van der Waals surface area (Å²) in [5, 5.41) is 5.77. The molecule has 3 rings (SSSR count). The molecule has 0 unspecified atom stereocenters. The van der Waals surface area contributed by atoms with Gasteiger partial charge in [-0.3, -0.25) is 9.78 Å². The fourth-order valence-corrected chi connectivity index (χ4v) is 4.25. The number of ether oxygens (including phenoxy) is 2. The molecule has 1 aromatic heterocycles. The lowest BCUT2D eigenvalue weighted by molar-refractivity contribution is 0.0730. The second-order valence-electron chi connectivity index (χ2n) is 6.15. The Kier molecular flexibility index (Phi) is 6.96. The highest BCUT2D eigenvalue weighted by atomic mass is 32.2. The SMILES string of the molecule is COc1ccc(S(=O)(=O)N2CCOCC2)cc1C(=O)NCCNc1cnccn1. The maximum atomic E-state index is 12.9. The normalized spacial score (nSPS) is 14.9. The highest BCUT2D eigenvalue weighted by Gasteiger charge is 2.28. The van der Waals surface area contributed by atoms with E-state index in [1.54, 1.807) is 18.6 Å². The zero-order valence-electron chi connectivity index (χ0n) is 16.0. The Balaban J connectivity index is 1.68. The van der Waals surface area contributed by atoms with Gasteiger partial charge in [0.15, 0.2) is 0 Å². The Bertz CT molecular complexity index is 933. The first-order valence-corrected chi connectivity index (χ1v) is 10.5. The molecular weight excluding hydrogens is 398 g/mol. The van der Waals surface area contributed by atoms with Crippen LogP contribution < -0.4 is 15.4 Å². The van der Waals surface area contributed by atoms with Crippen molar-refractivity contribution in [3.63, 3.8) is 0 Å². The van der Waals surface area contributed by atoms with Crippen molar-refractivity contribution in [3.05, 3.63) is 42.4 Å². The van der Waals surface area contributed by atoms with Crippen LogP contribution in [-0.2, 0) is 14.8 Å². The van der Waals surface area contributed by atoms with Crippen LogP contribution in [0.5, 0.6) is 5.75 Å². The molecule has 156 valence electrons. The molecule has 1 fully saturated rings. The van der Waals surface area contributed by atoms with E-state index in [9.17, 15) is 13.2 Å². The monoisotopic (exact) mass is 421 g/mol. The summed E-state index contributed by atoms with van der Waals surface area (Å²) in [5.41, 5.74) is 0.154. The van der Waals surface area contributed by atoms with Gasteiger partial charge in [0.05, 0.1) is 37.0 Å². The van der Waals surface area contributed by atoms with Crippen LogP contribution in [0.3, 0.4) is 0 Å². The predicted octanol–water partition coefficient (Wildman–Crippen LogP) is 0.348. The van der Waals surface area contributed by atoms with E-state index in [2.05, 4.69) is 20.6 Å². The summed E-state index contributed by atoms with van der Waals surface area (Å²) in [6.45, 7) is 1.99. The van der Waals surface area contributed by atoms with Crippen molar-refractivity contribution >= 4 is 21.7 Å². The van der Waals surface area contributed by atoms with Gasteiger partial charge in [-0.15, -0.1) is 0 Å². The summed E-state index contributed by atoms with van der Waals surface area (Å²) < 4.78 is 37.5. The zero-order chi connectivity index (χ0) is 20.7. The van der Waals surface area contributed by atoms with Gasteiger partial charge < -0.3 is 20.1 Å². The third-order valence-electron chi connectivity index (χ3n) is 4.30. The van der Waals surface area contributed by atoms with Gasteiger partial charge in [0.2, 0.25) is 10.0 Å². The second-order valence-corrected chi connectivity index (χ2v) is 8.09. The number of morpholine rings is 1. The van der Waals surface area contributed by atoms with Crippen LogP contribution in [0.4, 0.5) is 5.82 Å². The number of hydrogen-bond acceptors (Lipinski definition) is 8. The lowest BCUT2D eigenvalue weighted by Gasteiger charge is -2.26. The van der Waals surface area contributed by atoms with Crippen LogP contribution in [0.25, 0.3) is 0 Å². The van der Waals surface area contributed by atoms with Crippen molar-refractivity contribution in [1.82, 2.24) is 19.6 Å². The van der Waals surface area contributed by atoms with E-state index in [1.165, 1.54) is 29.6 Å². The second kappa shape index (κ2) is 9.63. The standard InChI is InChI=1S/C18H23N5O5S/c1-27-16-3-2-14(29(25,26)23-8-10-28-11-9-23)12-15(16)18(24)22-7-6-21-17-13-19-4-5-20-17/h2-5,12-13H,6-11H2,1H3,(H,20,21)(H,22,24). The number of methoxy groups -OCH3 is 1. The first-order valence-electron chi connectivity index (χ1n) is 9.06. The topological polar surface area (TPSA) is 123 Å². The fraction of sp³-hybridized carbons (Fsp3) is 0.389. The van der Waals surface area contributed by atoms with Crippen LogP contribution in [-0.4, -0.2) is 75.1 Å². The van der Waals surface area contributed by atoms with Gasteiger partial charge in [-0.05, 0) is 18.2 Å². The van der Waals surface area contributed by atoms with E-state index in [-0.39, 0.29) is 23.5 Å². The molecule has 1 amide bonds. The van der Waals surface area contributed by atoms with Gasteiger partial charge >= 0.3 is 0 Å². The highest BCUT2D eigenvalue weighted by Crippen LogP contribution is 2.25. The van der Waals surface area contributed by atoms with Crippen LogP contribution >= 0.6 is 0 Å². The van der Waals surface area contributed by atoms with Gasteiger partial charge in [-0.25, -0.2) is 13.4 Å². The van der Waals surface area contributed by atoms with Crippen LogP contribution in [0.2, 0.25) is 0 Å². The average molecular weight is 421 g/mol. The molecule has 1 aliphatic heterocycles. The molecule has 1 saturated heterocycles. The summed E-state index contributed by atoms with van der Waals surface area (Å²) in [7, 11) is -2.29. The lowest BCUT2D eigenvalue weighted by Crippen LogP contribution is -2.40. The molecule has 11 heteroatoms. The van der Waals surface area contributed by atoms with Crippen molar-refractivity contribution in [1.29, 1.82) is 0 Å². The minimum absolute atomic E-state index is 0.0445. The molecule has 2 aromatic rings. The molecule has 1 aliphatic rings. The number of benzene rings is 1. The summed E-state index contributed by atoms with van der Waals surface area (Å²) in [4.78, 5) is 20.7. The van der Waals surface area contributed by atoms with E-state index < -0.39 is 15.9 Å². The van der Waals surface area contributed by atoms with Crippen LogP contribution in [0.1, 0.15) is 10.4 Å². The number of nitrogens with one attached hydrogen (secondary N) is 2. The molecule has 2 heterocycles. The highest BCUT2D eigenvalue weighted by molar-refractivity contribution is 7.89.